The average molecular weight is 775 g/mol. The van der Waals surface area contributed by atoms with Gasteiger partial charge < -0.3 is 34.3 Å². The highest BCUT2D eigenvalue weighted by Gasteiger charge is 2.18. The first kappa shape index (κ1) is 56.7. The van der Waals surface area contributed by atoms with Crippen LogP contribution in [0.4, 0.5) is 0 Å². The third kappa shape index (κ3) is 52.5. The molecule has 1 fully saturated rings. The summed E-state index contributed by atoms with van der Waals surface area (Å²) in [5, 5.41) is 0. The van der Waals surface area contributed by atoms with Gasteiger partial charge in [-0.25, -0.2) is 0 Å². The Bertz CT molecular complexity index is 906. The molecule has 0 aromatic rings. The molecule has 0 bridgehead atoms. The number of nitrogens with zero attached hydrogens (tertiary/aromatic N) is 1. The molecule has 0 spiro atoms. The van der Waals surface area contributed by atoms with Crippen molar-refractivity contribution < 1.29 is 38.1 Å². The zero-order valence-corrected chi connectivity index (χ0v) is 38.2. The molecule has 0 aromatic carbocycles. The van der Waals surface area contributed by atoms with E-state index >= 15 is 0 Å². The minimum atomic E-state index is -0.211. The van der Waals surface area contributed by atoms with Crippen LogP contribution in [0.2, 0.25) is 0 Å². The smallest absolute Gasteiger partial charge is 0.222 e. The summed E-state index contributed by atoms with van der Waals surface area (Å²) in [7, 11) is 3.59. The lowest BCUT2D eigenvalue weighted by Gasteiger charge is -2.26. The number of nitrogens with two attached hydrogens (primary N) is 1. The van der Waals surface area contributed by atoms with Crippen molar-refractivity contribution >= 4 is 17.6 Å². The Hall–Kier alpha value is -1.59. The summed E-state index contributed by atoms with van der Waals surface area (Å²) in [6.07, 6.45) is 14.0. The number of Topliss-reactive ketones (excluding diaryl/α,β-unsaturated/α-hetero) is 1. The van der Waals surface area contributed by atoms with E-state index in [1.807, 2.05) is 27.7 Å². The zero-order valence-electron chi connectivity index (χ0n) is 38.2. The van der Waals surface area contributed by atoms with Crippen LogP contribution in [0.5, 0.6) is 0 Å². The van der Waals surface area contributed by atoms with E-state index in [1.54, 1.807) is 19.0 Å². The molecule has 1 saturated heterocycles. The summed E-state index contributed by atoms with van der Waals surface area (Å²) in [5.41, 5.74) is 4.90. The summed E-state index contributed by atoms with van der Waals surface area (Å²) < 4.78 is 27.7. The van der Waals surface area contributed by atoms with Crippen LogP contribution in [0.1, 0.15) is 186 Å². The molecule has 1 rings (SSSR count). The van der Waals surface area contributed by atoms with Gasteiger partial charge in [0.2, 0.25) is 11.8 Å². The highest BCUT2D eigenvalue weighted by molar-refractivity contribution is 5.77. The van der Waals surface area contributed by atoms with Gasteiger partial charge in [0.1, 0.15) is 5.78 Å². The van der Waals surface area contributed by atoms with Crippen LogP contribution in [-0.4, -0.2) is 98.6 Å². The Kier molecular flexibility index (Phi) is 34.1. The number of amides is 2. The van der Waals surface area contributed by atoms with Gasteiger partial charge in [-0.3, -0.25) is 14.4 Å². The number of primary amides is 1. The van der Waals surface area contributed by atoms with Crippen LogP contribution in [0.25, 0.3) is 0 Å². The molecule has 0 atom stereocenters. The molecule has 10 heteroatoms. The number of unbranched alkanes of at least 4 members (excludes halogenated alkanes) is 6. The van der Waals surface area contributed by atoms with Crippen molar-refractivity contribution in [2.75, 3.05) is 53.7 Å². The second-order valence-corrected chi connectivity index (χ2v) is 18.4. The molecule has 1 aliphatic rings. The summed E-state index contributed by atoms with van der Waals surface area (Å²) >= 11 is 0. The maximum atomic E-state index is 11.2. The Morgan fingerprint density at radius 3 is 1.28 bits per heavy atom. The number of ketones is 1. The van der Waals surface area contributed by atoms with Gasteiger partial charge in [-0.05, 0) is 140 Å². The van der Waals surface area contributed by atoms with E-state index in [2.05, 4.69) is 62.3 Å². The fourth-order valence-corrected chi connectivity index (χ4v) is 4.55. The number of carbonyl (C=O) groups excluding carboxylic acids is 3. The number of hydrogen-bond donors (Lipinski definition) is 1. The largest absolute Gasteiger partial charge is 0.381 e. The minimum Gasteiger partial charge on any atom is -0.381 e. The molecular formula is C44H90N2O8. The van der Waals surface area contributed by atoms with Crippen molar-refractivity contribution in [3.05, 3.63) is 0 Å². The first-order valence-corrected chi connectivity index (χ1v) is 20.9. The fraction of sp³-hybridized carbons (Fsp3) is 0.932. The molecule has 54 heavy (non-hydrogen) atoms. The first-order chi connectivity index (χ1) is 24.8. The van der Waals surface area contributed by atoms with Gasteiger partial charge in [0.05, 0.1) is 29.0 Å². The van der Waals surface area contributed by atoms with E-state index < -0.39 is 0 Å². The number of hydrogen-bond acceptors (Lipinski definition) is 8. The molecule has 0 aromatic heterocycles. The summed E-state index contributed by atoms with van der Waals surface area (Å²) in [6, 6.07) is 0. The lowest BCUT2D eigenvalue weighted by Crippen LogP contribution is -2.26. The van der Waals surface area contributed by atoms with Gasteiger partial charge in [0, 0.05) is 72.8 Å². The van der Waals surface area contributed by atoms with E-state index in [9.17, 15) is 14.4 Å². The van der Waals surface area contributed by atoms with Crippen LogP contribution in [0.15, 0.2) is 0 Å². The van der Waals surface area contributed by atoms with Gasteiger partial charge in [-0.2, -0.15) is 0 Å². The van der Waals surface area contributed by atoms with Crippen molar-refractivity contribution in [2.45, 2.75) is 209 Å². The van der Waals surface area contributed by atoms with E-state index in [0.29, 0.717) is 25.0 Å². The Labute approximate surface area is 334 Å². The predicted molar refractivity (Wildman–Crippen MR) is 225 cm³/mol. The maximum absolute atomic E-state index is 11.2. The third-order valence-electron chi connectivity index (χ3n) is 7.79. The summed E-state index contributed by atoms with van der Waals surface area (Å²) in [4.78, 5) is 34.2. The number of rotatable bonds is 21. The molecule has 0 unspecified atom stereocenters. The van der Waals surface area contributed by atoms with Crippen molar-refractivity contribution in [3.63, 3.8) is 0 Å². The quantitative estimate of drug-likeness (QED) is 0.114. The van der Waals surface area contributed by atoms with Gasteiger partial charge in [0.15, 0.2) is 0 Å². The van der Waals surface area contributed by atoms with Crippen molar-refractivity contribution in [1.29, 1.82) is 0 Å². The van der Waals surface area contributed by atoms with Crippen molar-refractivity contribution in [3.8, 4) is 0 Å². The lowest BCUT2D eigenvalue weighted by molar-refractivity contribution is -0.128. The maximum Gasteiger partial charge on any atom is 0.222 e. The topological polar surface area (TPSA) is 127 Å². The molecular weight excluding hydrogens is 684 g/mol. The van der Waals surface area contributed by atoms with Crippen molar-refractivity contribution in [1.82, 2.24) is 4.90 Å². The number of ether oxygens (including phenoxy) is 5. The van der Waals surface area contributed by atoms with Crippen LogP contribution < -0.4 is 5.73 Å². The van der Waals surface area contributed by atoms with Crippen LogP contribution in [0, 0.1) is 5.92 Å². The Balaban J connectivity index is -0.000000644. The minimum absolute atomic E-state index is 0.0122. The normalized spacial score (nSPS) is 13.8. The Morgan fingerprint density at radius 1 is 0.574 bits per heavy atom. The molecule has 0 saturated carbocycles. The second kappa shape index (κ2) is 32.5. The molecule has 0 aliphatic carbocycles. The molecule has 1 heterocycles. The second-order valence-electron chi connectivity index (χ2n) is 18.4. The van der Waals surface area contributed by atoms with E-state index in [1.165, 1.54) is 0 Å². The highest BCUT2D eigenvalue weighted by atomic mass is 16.5. The third-order valence-corrected chi connectivity index (χ3v) is 7.79. The molecule has 10 nitrogen and oxygen atoms in total. The summed E-state index contributed by atoms with van der Waals surface area (Å²) in [5.74, 6) is 1.10. The van der Waals surface area contributed by atoms with E-state index in [4.69, 9.17) is 29.4 Å². The predicted octanol–water partition coefficient (Wildman–Crippen LogP) is 9.87. The number of carbonyl (C=O) groups is 3. The monoisotopic (exact) mass is 775 g/mol. The van der Waals surface area contributed by atoms with Gasteiger partial charge in [-0.15, -0.1) is 0 Å². The molecule has 324 valence electrons. The standard InChI is InChI=1S/C12H25NO2.C12H24O2.C10H21NO2.C10H20O2/c1-12(2,3)15-10-8-6-7-9-11(14)13(4)5;1-5-11(13)9-7-6-8-10-14-12(2,3)4;1-10(2,3)13-8-6-4-5-7-9(11)12;1-10(2,3)12-8-9-4-6-11-7-5-9/h6-10H2,1-5H3;5-10H2,1-4H3;4-8H2,1-3H3,(H2,11,12);9H,4-8H2,1-3H3. The highest BCUT2D eigenvalue weighted by Crippen LogP contribution is 2.18. The van der Waals surface area contributed by atoms with E-state index in [-0.39, 0.29) is 34.2 Å². The van der Waals surface area contributed by atoms with Gasteiger partial charge >= 0.3 is 0 Å². The van der Waals surface area contributed by atoms with Crippen LogP contribution in [-0.2, 0) is 38.1 Å². The fourth-order valence-electron chi connectivity index (χ4n) is 4.55. The zero-order chi connectivity index (χ0) is 42.3. The van der Waals surface area contributed by atoms with Crippen LogP contribution >= 0.6 is 0 Å². The van der Waals surface area contributed by atoms with Gasteiger partial charge in [-0.1, -0.05) is 26.2 Å². The first-order valence-electron chi connectivity index (χ1n) is 20.9. The Morgan fingerprint density at radius 2 is 0.944 bits per heavy atom. The molecule has 1 aliphatic heterocycles. The summed E-state index contributed by atoms with van der Waals surface area (Å²) in [6.45, 7) is 31.8. The van der Waals surface area contributed by atoms with Crippen LogP contribution in [0.3, 0.4) is 0 Å². The SMILES string of the molecule is CC(C)(C)OCC1CCOCC1.CC(C)(C)OCCCCCC(N)=O.CCC(=O)CCCCCOC(C)(C)C.CN(C)C(=O)CCCCCOC(C)(C)C. The lowest BCUT2D eigenvalue weighted by atomic mass is 10.0. The average Bonchev–Trinajstić information content (AvgIpc) is 3.04. The van der Waals surface area contributed by atoms with Gasteiger partial charge in [0.25, 0.3) is 0 Å². The molecule has 2 N–H and O–H groups in total. The van der Waals surface area contributed by atoms with E-state index in [0.717, 1.165) is 123 Å². The molecule has 2 amide bonds. The molecule has 0 radical (unpaired) electrons. The van der Waals surface area contributed by atoms with Crippen molar-refractivity contribution in [2.24, 2.45) is 11.7 Å².